The first-order chi connectivity index (χ1) is 15.5. The molecule has 4 rings (SSSR count). The Kier molecular flexibility index (Phi) is 6.54. The summed E-state index contributed by atoms with van der Waals surface area (Å²) in [7, 11) is 0. The fourth-order valence-corrected chi connectivity index (χ4v) is 4.12. The SMILES string of the molecule is C[C@@H](Cc1c[nH]c2ccccc12)C(=O)NCC(=O)OCC(=O)N1CCCc2ccccc21. The van der Waals surface area contributed by atoms with Gasteiger partial charge in [0.25, 0.3) is 5.91 Å². The fourth-order valence-electron chi connectivity index (χ4n) is 4.12. The summed E-state index contributed by atoms with van der Waals surface area (Å²) in [6.45, 7) is 1.82. The summed E-state index contributed by atoms with van der Waals surface area (Å²) in [6.07, 6.45) is 4.27. The summed E-state index contributed by atoms with van der Waals surface area (Å²) < 4.78 is 5.12. The van der Waals surface area contributed by atoms with E-state index in [9.17, 15) is 14.4 Å². The number of rotatable bonds is 7. The van der Waals surface area contributed by atoms with Gasteiger partial charge < -0.3 is 19.9 Å². The van der Waals surface area contributed by atoms with Crippen LogP contribution in [0.15, 0.2) is 54.7 Å². The standard InChI is InChI=1S/C25H27N3O4/c1-17(13-19-14-26-21-10-4-3-9-20(19)21)25(31)27-15-24(30)32-16-23(29)28-12-6-8-18-7-2-5-11-22(18)28/h2-5,7,9-11,14,17,26H,6,8,12-13,15-16H2,1H3,(H,27,31)/t17-/m0/s1. The molecule has 0 saturated heterocycles. The Balaban J connectivity index is 1.23. The lowest BCUT2D eigenvalue weighted by Gasteiger charge is -2.29. The average Bonchev–Trinajstić information content (AvgIpc) is 3.23. The molecule has 32 heavy (non-hydrogen) atoms. The minimum absolute atomic E-state index is 0.233. The number of fused-ring (bicyclic) bond motifs is 2. The van der Waals surface area contributed by atoms with Crippen LogP contribution in [0, 0.1) is 5.92 Å². The number of H-pyrrole nitrogens is 1. The van der Waals surface area contributed by atoms with Crippen LogP contribution in [-0.4, -0.2) is 42.5 Å². The zero-order valence-electron chi connectivity index (χ0n) is 18.1. The van der Waals surface area contributed by atoms with Gasteiger partial charge in [0.05, 0.1) is 0 Å². The molecular formula is C25H27N3O4. The second-order valence-corrected chi connectivity index (χ2v) is 8.12. The van der Waals surface area contributed by atoms with Crippen molar-refractivity contribution in [2.75, 3.05) is 24.6 Å². The molecule has 2 N–H and O–H groups in total. The Morgan fingerprint density at radius 3 is 2.78 bits per heavy atom. The molecule has 0 spiro atoms. The molecule has 3 aromatic rings. The molecule has 2 aromatic carbocycles. The molecule has 2 heterocycles. The highest BCUT2D eigenvalue weighted by atomic mass is 16.5. The summed E-state index contributed by atoms with van der Waals surface area (Å²) in [4.78, 5) is 41.9. The van der Waals surface area contributed by atoms with Gasteiger partial charge in [0.1, 0.15) is 6.54 Å². The number of aromatic amines is 1. The zero-order valence-corrected chi connectivity index (χ0v) is 18.1. The number of nitrogens with one attached hydrogen (secondary N) is 2. The summed E-state index contributed by atoms with van der Waals surface area (Å²) >= 11 is 0. The van der Waals surface area contributed by atoms with E-state index in [1.54, 1.807) is 4.90 Å². The Morgan fingerprint density at radius 2 is 1.91 bits per heavy atom. The number of hydrogen-bond acceptors (Lipinski definition) is 4. The van der Waals surface area contributed by atoms with Crippen molar-refractivity contribution in [3.05, 3.63) is 65.9 Å². The van der Waals surface area contributed by atoms with Gasteiger partial charge in [0.2, 0.25) is 5.91 Å². The number of carbonyl (C=O) groups excluding carboxylic acids is 3. The highest BCUT2D eigenvalue weighted by Gasteiger charge is 2.23. The minimum Gasteiger partial charge on any atom is -0.454 e. The molecule has 0 aliphatic carbocycles. The van der Waals surface area contributed by atoms with Gasteiger partial charge in [0, 0.05) is 35.2 Å². The van der Waals surface area contributed by atoms with Crippen LogP contribution in [0.4, 0.5) is 5.69 Å². The highest BCUT2D eigenvalue weighted by Crippen LogP contribution is 2.26. The first-order valence-corrected chi connectivity index (χ1v) is 10.9. The van der Waals surface area contributed by atoms with E-state index >= 15 is 0 Å². The van der Waals surface area contributed by atoms with Crippen LogP contribution in [0.1, 0.15) is 24.5 Å². The molecule has 1 atom stereocenters. The number of ether oxygens (including phenoxy) is 1. The molecule has 0 bridgehead atoms. The Bertz CT molecular complexity index is 1140. The summed E-state index contributed by atoms with van der Waals surface area (Å²) in [5.41, 5.74) is 4.08. The van der Waals surface area contributed by atoms with Crippen molar-refractivity contribution in [2.45, 2.75) is 26.2 Å². The number of amides is 2. The second-order valence-electron chi connectivity index (χ2n) is 8.12. The lowest BCUT2D eigenvalue weighted by atomic mass is 10.00. The molecule has 0 radical (unpaired) electrons. The van der Waals surface area contributed by atoms with Crippen molar-refractivity contribution >= 4 is 34.4 Å². The Hall–Kier alpha value is -3.61. The lowest BCUT2D eigenvalue weighted by molar-refractivity contribution is -0.147. The number of hydrogen-bond donors (Lipinski definition) is 2. The van der Waals surface area contributed by atoms with Gasteiger partial charge in [-0.3, -0.25) is 14.4 Å². The third kappa shape index (κ3) is 4.82. The number of para-hydroxylation sites is 2. The molecule has 2 amide bonds. The van der Waals surface area contributed by atoms with E-state index in [1.807, 2.05) is 61.7 Å². The lowest BCUT2D eigenvalue weighted by Crippen LogP contribution is -2.40. The average molecular weight is 434 g/mol. The highest BCUT2D eigenvalue weighted by molar-refractivity contribution is 5.96. The number of aryl methyl sites for hydroxylation is 1. The smallest absolute Gasteiger partial charge is 0.325 e. The van der Waals surface area contributed by atoms with Crippen LogP contribution in [0.3, 0.4) is 0 Å². The van der Waals surface area contributed by atoms with Crippen LogP contribution in [-0.2, 0) is 32.0 Å². The first-order valence-electron chi connectivity index (χ1n) is 10.9. The Morgan fingerprint density at radius 1 is 1.12 bits per heavy atom. The molecule has 0 fully saturated rings. The van der Waals surface area contributed by atoms with E-state index in [0.717, 1.165) is 40.6 Å². The Labute approximate surface area is 186 Å². The molecule has 166 valence electrons. The van der Waals surface area contributed by atoms with Gasteiger partial charge in [-0.1, -0.05) is 43.3 Å². The number of nitrogens with zero attached hydrogens (tertiary/aromatic N) is 1. The van der Waals surface area contributed by atoms with E-state index in [0.29, 0.717) is 13.0 Å². The van der Waals surface area contributed by atoms with Crippen LogP contribution in [0.5, 0.6) is 0 Å². The van der Waals surface area contributed by atoms with Crippen molar-refractivity contribution in [3.8, 4) is 0 Å². The molecule has 1 aromatic heterocycles. The van der Waals surface area contributed by atoms with Crippen LogP contribution < -0.4 is 10.2 Å². The molecule has 0 saturated carbocycles. The second kappa shape index (κ2) is 9.68. The summed E-state index contributed by atoms with van der Waals surface area (Å²) in [5, 5.41) is 3.70. The fraction of sp³-hybridized carbons (Fsp3) is 0.320. The molecule has 7 heteroatoms. The maximum Gasteiger partial charge on any atom is 0.325 e. The van der Waals surface area contributed by atoms with Crippen molar-refractivity contribution in [1.82, 2.24) is 10.3 Å². The molecule has 7 nitrogen and oxygen atoms in total. The normalized spacial score (nSPS) is 14.0. The molecule has 1 aliphatic rings. The number of carbonyl (C=O) groups is 3. The van der Waals surface area contributed by atoms with E-state index in [4.69, 9.17) is 4.74 Å². The van der Waals surface area contributed by atoms with Gasteiger partial charge >= 0.3 is 5.97 Å². The van der Waals surface area contributed by atoms with Gasteiger partial charge in [-0.2, -0.15) is 0 Å². The predicted octanol–water partition coefficient (Wildman–Crippen LogP) is 2.99. The zero-order chi connectivity index (χ0) is 22.5. The van der Waals surface area contributed by atoms with Gasteiger partial charge in [-0.15, -0.1) is 0 Å². The third-order valence-electron chi connectivity index (χ3n) is 5.82. The van der Waals surface area contributed by atoms with Gasteiger partial charge in [-0.25, -0.2) is 0 Å². The molecular weight excluding hydrogens is 406 g/mol. The van der Waals surface area contributed by atoms with Crippen LogP contribution in [0.25, 0.3) is 10.9 Å². The molecule has 1 aliphatic heterocycles. The van der Waals surface area contributed by atoms with Crippen LogP contribution in [0.2, 0.25) is 0 Å². The van der Waals surface area contributed by atoms with Crippen molar-refractivity contribution in [2.24, 2.45) is 5.92 Å². The summed E-state index contributed by atoms with van der Waals surface area (Å²) in [6, 6.07) is 15.7. The monoisotopic (exact) mass is 433 g/mol. The number of esters is 1. The maximum atomic E-state index is 12.6. The molecule has 0 unspecified atom stereocenters. The van der Waals surface area contributed by atoms with Gasteiger partial charge in [-0.05, 0) is 42.5 Å². The largest absolute Gasteiger partial charge is 0.454 e. The van der Waals surface area contributed by atoms with E-state index in [2.05, 4.69) is 10.3 Å². The van der Waals surface area contributed by atoms with Gasteiger partial charge in [0.15, 0.2) is 6.61 Å². The van der Waals surface area contributed by atoms with Crippen molar-refractivity contribution < 1.29 is 19.1 Å². The van der Waals surface area contributed by atoms with Crippen molar-refractivity contribution in [1.29, 1.82) is 0 Å². The predicted molar refractivity (Wildman–Crippen MR) is 122 cm³/mol. The maximum absolute atomic E-state index is 12.6. The number of anilines is 1. The van der Waals surface area contributed by atoms with E-state index < -0.39 is 5.97 Å². The number of aromatic nitrogens is 1. The van der Waals surface area contributed by atoms with E-state index in [-0.39, 0.29) is 30.9 Å². The number of benzene rings is 2. The van der Waals surface area contributed by atoms with Crippen molar-refractivity contribution in [3.63, 3.8) is 0 Å². The van der Waals surface area contributed by atoms with Crippen LogP contribution >= 0.6 is 0 Å². The topological polar surface area (TPSA) is 91.5 Å². The minimum atomic E-state index is -0.628. The first kappa shape index (κ1) is 21.6. The third-order valence-corrected chi connectivity index (χ3v) is 5.82. The quantitative estimate of drug-likeness (QED) is 0.561. The summed E-state index contributed by atoms with van der Waals surface area (Å²) in [5.74, 6) is -1.43. The van der Waals surface area contributed by atoms with E-state index in [1.165, 1.54) is 0 Å².